The van der Waals surface area contributed by atoms with Gasteiger partial charge in [0.05, 0.1) is 5.69 Å². The minimum atomic E-state index is -0.0417. The van der Waals surface area contributed by atoms with Crippen LogP contribution in [-0.4, -0.2) is 16.5 Å². The van der Waals surface area contributed by atoms with Crippen LogP contribution in [0.15, 0.2) is 24.3 Å². The fourth-order valence-corrected chi connectivity index (χ4v) is 3.22. The molecule has 1 unspecified atom stereocenters. The van der Waals surface area contributed by atoms with Crippen LogP contribution in [0.3, 0.4) is 0 Å². The molecule has 0 saturated heterocycles. The zero-order valence-corrected chi connectivity index (χ0v) is 12.2. The van der Waals surface area contributed by atoms with Crippen LogP contribution in [0.25, 0.3) is 0 Å². The second-order valence-corrected chi connectivity index (χ2v) is 5.65. The first-order valence-electron chi connectivity index (χ1n) is 7.69. The van der Waals surface area contributed by atoms with Gasteiger partial charge in [0, 0.05) is 18.7 Å². The molecule has 2 aromatic rings. The number of nitrogens with one attached hydrogen (secondary N) is 1. The molecule has 1 aromatic heterocycles. The average molecular weight is 281 g/mol. The van der Waals surface area contributed by atoms with Crippen LogP contribution in [0, 0.1) is 0 Å². The third-order valence-electron chi connectivity index (χ3n) is 4.31. The number of rotatable bonds is 2. The van der Waals surface area contributed by atoms with E-state index in [-0.39, 0.29) is 6.10 Å². The van der Waals surface area contributed by atoms with E-state index < -0.39 is 0 Å². The fraction of sp³-hybridized carbons (Fsp3) is 0.412. The third-order valence-corrected chi connectivity index (χ3v) is 4.31. The summed E-state index contributed by atoms with van der Waals surface area (Å²) in [6, 6.07) is 8.21. The molecular weight excluding hydrogens is 262 g/mol. The maximum Gasteiger partial charge on any atom is 0.170 e. The topological polar surface area (TPSA) is 47.0 Å². The molecule has 0 spiro atoms. The van der Waals surface area contributed by atoms with Crippen molar-refractivity contribution >= 4 is 0 Å². The maximum absolute atomic E-state index is 6.04. The minimum Gasteiger partial charge on any atom is -0.482 e. The predicted octanol–water partition coefficient (Wildman–Crippen LogP) is 2.36. The number of fused-ring (bicyclic) bond motifs is 2. The second kappa shape index (κ2) is 5.11. The fourth-order valence-electron chi connectivity index (χ4n) is 3.22. The van der Waals surface area contributed by atoms with Crippen molar-refractivity contribution in [2.75, 3.05) is 6.54 Å². The Hall–Kier alpha value is -1.94. The van der Waals surface area contributed by atoms with Crippen LogP contribution >= 0.6 is 0 Å². The number of para-hydroxylation sites is 1. The Morgan fingerprint density at radius 1 is 1.29 bits per heavy atom. The van der Waals surface area contributed by atoms with Gasteiger partial charge in [-0.3, -0.25) is 0 Å². The Bertz CT molecular complexity index is 641. The van der Waals surface area contributed by atoms with Crippen molar-refractivity contribution in [1.29, 1.82) is 0 Å². The predicted molar refractivity (Wildman–Crippen MR) is 80.3 cm³/mol. The van der Waals surface area contributed by atoms with Gasteiger partial charge in [-0.05, 0) is 36.6 Å². The van der Waals surface area contributed by atoms with Gasteiger partial charge in [-0.1, -0.05) is 25.1 Å². The summed E-state index contributed by atoms with van der Waals surface area (Å²) >= 11 is 0. The average Bonchev–Trinajstić information content (AvgIpc) is 2.98. The summed E-state index contributed by atoms with van der Waals surface area (Å²) < 4.78 is 6.04. The van der Waals surface area contributed by atoms with E-state index in [0.29, 0.717) is 0 Å². The molecule has 4 nitrogen and oxygen atoms in total. The lowest BCUT2D eigenvalue weighted by Gasteiger charge is -2.21. The maximum atomic E-state index is 6.04. The number of aryl methyl sites for hydroxylation is 1. The minimum absolute atomic E-state index is 0.0417. The molecule has 0 radical (unpaired) electrons. The zero-order valence-electron chi connectivity index (χ0n) is 12.2. The van der Waals surface area contributed by atoms with Gasteiger partial charge in [0.15, 0.2) is 11.9 Å². The molecular formula is C17H19N3O. The van der Waals surface area contributed by atoms with Crippen LogP contribution in [0.4, 0.5) is 0 Å². The van der Waals surface area contributed by atoms with Crippen molar-refractivity contribution in [1.82, 2.24) is 15.3 Å². The van der Waals surface area contributed by atoms with Crippen molar-refractivity contribution < 1.29 is 4.74 Å². The number of aromatic nitrogens is 2. The molecule has 4 heteroatoms. The lowest BCUT2D eigenvalue weighted by Crippen LogP contribution is -2.27. The first-order chi connectivity index (χ1) is 10.3. The van der Waals surface area contributed by atoms with Crippen molar-refractivity contribution in [3.63, 3.8) is 0 Å². The molecule has 0 amide bonds. The molecule has 3 heterocycles. The molecule has 21 heavy (non-hydrogen) atoms. The second-order valence-electron chi connectivity index (χ2n) is 5.65. The van der Waals surface area contributed by atoms with E-state index in [0.717, 1.165) is 49.6 Å². The van der Waals surface area contributed by atoms with Crippen LogP contribution < -0.4 is 10.1 Å². The van der Waals surface area contributed by atoms with Crippen molar-refractivity contribution in [3.8, 4) is 5.75 Å². The summed E-state index contributed by atoms with van der Waals surface area (Å²) in [5, 5.41) is 3.40. The molecule has 1 N–H and O–H groups in total. The van der Waals surface area contributed by atoms with Gasteiger partial charge >= 0.3 is 0 Å². The van der Waals surface area contributed by atoms with Gasteiger partial charge in [-0.2, -0.15) is 0 Å². The molecule has 2 aliphatic heterocycles. The van der Waals surface area contributed by atoms with Crippen molar-refractivity contribution in [3.05, 3.63) is 52.6 Å². The Kier molecular flexibility index (Phi) is 3.11. The number of nitrogens with zero attached hydrogens (tertiary/aromatic N) is 2. The number of benzene rings is 1. The smallest absolute Gasteiger partial charge is 0.170 e. The van der Waals surface area contributed by atoms with E-state index in [1.165, 1.54) is 16.8 Å². The van der Waals surface area contributed by atoms with Crippen LogP contribution in [-0.2, 0) is 25.8 Å². The first-order valence-corrected chi connectivity index (χ1v) is 7.69. The Morgan fingerprint density at radius 3 is 3.05 bits per heavy atom. The summed E-state index contributed by atoms with van der Waals surface area (Å²) in [4.78, 5) is 9.59. The van der Waals surface area contributed by atoms with Gasteiger partial charge in [0.25, 0.3) is 0 Å². The highest BCUT2D eigenvalue weighted by Crippen LogP contribution is 2.35. The van der Waals surface area contributed by atoms with E-state index in [1.54, 1.807) is 0 Å². The highest BCUT2D eigenvalue weighted by Gasteiger charge is 2.28. The van der Waals surface area contributed by atoms with Gasteiger partial charge in [-0.25, -0.2) is 9.97 Å². The summed E-state index contributed by atoms with van der Waals surface area (Å²) in [7, 11) is 0. The van der Waals surface area contributed by atoms with E-state index in [1.807, 2.05) is 12.1 Å². The Labute approximate surface area is 124 Å². The first kappa shape index (κ1) is 12.8. The monoisotopic (exact) mass is 281 g/mol. The molecule has 1 atom stereocenters. The van der Waals surface area contributed by atoms with Gasteiger partial charge in [0.1, 0.15) is 5.75 Å². The van der Waals surface area contributed by atoms with Crippen LogP contribution in [0.5, 0.6) is 5.75 Å². The number of hydrogen-bond donors (Lipinski definition) is 1. The Balaban J connectivity index is 1.70. The summed E-state index contributed by atoms with van der Waals surface area (Å²) in [5.74, 6) is 1.81. The summed E-state index contributed by atoms with van der Waals surface area (Å²) in [6.45, 7) is 4.03. The van der Waals surface area contributed by atoms with Crippen LogP contribution in [0.1, 0.15) is 41.4 Å². The number of hydrogen-bond acceptors (Lipinski definition) is 4. The van der Waals surface area contributed by atoms with Crippen molar-refractivity contribution in [2.24, 2.45) is 0 Å². The summed E-state index contributed by atoms with van der Waals surface area (Å²) in [6.07, 6.45) is 2.81. The Morgan fingerprint density at radius 2 is 2.19 bits per heavy atom. The molecule has 0 aliphatic carbocycles. The SMILES string of the molecule is CCc1nc(C2Cc3ccccc3O2)nc2c1CCNC2. The van der Waals surface area contributed by atoms with Crippen LogP contribution in [0.2, 0.25) is 0 Å². The van der Waals surface area contributed by atoms with E-state index in [2.05, 4.69) is 24.4 Å². The van der Waals surface area contributed by atoms with Crippen molar-refractivity contribution in [2.45, 2.75) is 38.8 Å². The molecule has 108 valence electrons. The lowest BCUT2D eigenvalue weighted by atomic mass is 10.0. The van der Waals surface area contributed by atoms with E-state index in [4.69, 9.17) is 14.7 Å². The standard InChI is InChI=1S/C17H19N3O/c1-2-13-12-7-8-18-10-14(12)20-17(19-13)16-9-11-5-3-4-6-15(11)21-16/h3-6,16,18H,2,7-10H2,1H3. The molecule has 0 bridgehead atoms. The molecule has 0 saturated carbocycles. The van der Waals surface area contributed by atoms with E-state index >= 15 is 0 Å². The molecule has 0 fully saturated rings. The van der Waals surface area contributed by atoms with Gasteiger partial charge in [-0.15, -0.1) is 0 Å². The highest BCUT2D eigenvalue weighted by molar-refractivity contribution is 5.38. The quantitative estimate of drug-likeness (QED) is 0.918. The van der Waals surface area contributed by atoms with Gasteiger partial charge in [0.2, 0.25) is 0 Å². The largest absolute Gasteiger partial charge is 0.482 e. The molecule has 2 aliphatic rings. The normalized spacial score (nSPS) is 19.8. The number of ether oxygens (including phenoxy) is 1. The molecule has 1 aromatic carbocycles. The zero-order chi connectivity index (χ0) is 14.2. The summed E-state index contributed by atoms with van der Waals surface area (Å²) in [5.41, 5.74) is 4.94. The highest BCUT2D eigenvalue weighted by atomic mass is 16.5. The molecule has 4 rings (SSSR count). The third kappa shape index (κ3) is 2.20. The van der Waals surface area contributed by atoms with Gasteiger partial charge < -0.3 is 10.1 Å². The van der Waals surface area contributed by atoms with E-state index in [9.17, 15) is 0 Å². The lowest BCUT2D eigenvalue weighted by molar-refractivity contribution is 0.226.